The van der Waals surface area contributed by atoms with Crippen LogP contribution in [-0.4, -0.2) is 52.1 Å². The maximum atomic E-state index is 13.0. The number of rotatable bonds is 3. The molecule has 152 valence electrons. The Morgan fingerprint density at radius 2 is 1.97 bits per heavy atom. The van der Waals surface area contributed by atoms with E-state index in [1.165, 1.54) is 9.60 Å². The Morgan fingerprint density at radius 1 is 1.17 bits per heavy atom. The normalized spacial score (nSPS) is 24.2. The number of imide groups is 1. The van der Waals surface area contributed by atoms with Gasteiger partial charge in [0.1, 0.15) is 6.54 Å². The standard InChI is InChI=1S/C22H25N3O3S/c26-18-12-22(9-3-4-10-22)21(28)25(18)14-19(27)24-11-5-6-15(13-24)20-23-16-7-1-2-8-17(16)29-20/h1-2,7-8,15H,3-6,9-14H2/t15-/m1/s1. The molecule has 2 aliphatic heterocycles. The molecule has 1 atom stereocenters. The van der Waals surface area contributed by atoms with Crippen LogP contribution in [0, 0.1) is 5.41 Å². The first kappa shape index (κ1) is 18.7. The highest BCUT2D eigenvalue weighted by Gasteiger charge is 2.53. The summed E-state index contributed by atoms with van der Waals surface area (Å²) in [7, 11) is 0. The minimum absolute atomic E-state index is 0.105. The summed E-state index contributed by atoms with van der Waals surface area (Å²) in [6.45, 7) is 1.19. The lowest BCUT2D eigenvalue weighted by molar-refractivity contribution is -0.147. The fourth-order valence-corrected chi connectivity index (χ4v) is 6.26. The number of aromatic nitrogens is 1. The molecule has 6 nitrogen and oxygen atoms in total. The van der Waals surface area contributed by atoms with E-state index < -0.39 is 5.41 Å². The zero-order valence-electron chi connectivity index (χ0n) is 16.4. The lowest BCUT2D eigenvalue weighted by atomic mass is 9.84. The molecule has 1 spiro atoms. The zero-order valence-corrected chi connectivity index (χ0v) is 17.2. The van der Waals surface area contributed by atoms with Gasteiger partial charge in [0, 0.05) is 25.4 Å². The van der Waals surface area contributed by atoms with Crippen molar-refractivity contribution < 1.29 is 14.4 Å². The number of hydrogen-bond acceptors (Lipinski definition) is 5. The predicted molar refractivity (Wildman–Crippen MR) is 110 cm³/mol. The molecule has 0 N–H and O–H groups in total. The average Bonchev–Trinajstić information content (AvgIpc) is 3.43. The number of para-hydroxylation sites is 1. The highest BCUT2D eigenvalue weighted by molar-refractivity contribution is 7.18. The molecule has 3 amide bonds. The van der Waals surface area contributed by atoms with E-state index >= 15 is 0 Å². The Kier molecular flexibility index (Phi) is 4.65. The molecule has 2 aromatic rings. The van der Waals surface area contributed by atoms with Crippen LogP contribution in [0.2, 0.25) is 0 Å². The third-order valence-corrected chi connectivity index (χ3v) is 7.98. The van der Waals surface area contributed by atoms with Gasteiger partial charge in [-0.15, -0.1) is 11.3 Å². The Balaban J connectivity index is 1.27. The number of thiazole rings is 1. The minimum Gasteiger partial charge on any atom is -0.340 e. The number of benzene rings is 1. The Hall–Kier alpha value is -2.28. The summed E-state index contributed by atoms with van der Waals surface area (Å²) in [4.78, 5) is 46.1. The van der Waals surface area contributed by atoms with E-state index in [1.54, 1.807) is 11.3 Å². The van der Waals surface area contributed by atoms with E-state index in [0.717, 1.165) is 49.0 Å². The molecule has 0 radical (unpaired) electrons. The van der Waals surface area contributed by atoms with Crippen molar-refractivity contribution in [1.82, 2.24) is 14.8 Å². The molecule has 3 fully saturated rings. The molecule has 2 saturated heterocycles. The average molecular weight is 412 g/mol. The largest absolute Gasteiger partial charge is 0.340 e. The van der Waals surface area contributed by atoms with E-state index in [9.17, 15) is 14.4 Å². The van der Waals surface area contributed by atoms with E-state index in [1.807, 2.05) is 23.1 Å². The molecule has 1 saturated carbocycles. The SMILES string of the molecule is O=C(CN1C(=O)CC2(CCCC2)C1=O)N1CCC[C@@H](c2nc3ccccc3s2)C1. The second-order valence-corrected chi connectivity index (χ2v) is 9.71. The van der Waals surface area contributed by atoms with Crippen molar-refractivity contribution in [2.24, 2.45) is 5.41 Å². The molecule has 3 aliphatic rings. The smallest absolute Gasteiger partial charge is 0.242 e. The number of amides is 3. The van der Waals surface area contributed by atoms with Gasteiger partial charge >= 0.3 is 0 Å². The Bertz CT molecular complexity index is 946. The molecular weight excluding hydrogens is 386 g/mol. The summed E-state index contributed by atoms with van der Waals surface area (Å²) in [5.74, 6) is -0.193. The Morgan fingerprint density at radius 3 is 2.76 bits per heavy atom. The second kappa shape index (κ2) is 7.20. The van der Waals surface area contributed by atoms with Gasteiger partial charge < -0.3 is 4.90 Å². The van der Waals surface area contributed by atoms with Crippen LogP contribution >= 0.6 is 11.3 Å². The van der Waals surface area contributed by atoms with Gasteiger partial charge in [-0.2, -0.15) is 0 Å². The van der Waals surface area contributed by atoms with Crippen molar-refractivity contribution in [3.8, 4) is 0 Å². The van der Waals surface area contributed by atoms with Gasteiger partial charge in [-0.1, -0.05) is 25.0 Å². The van der Waals surface area contributed by atoms with Crippen LogP contribution in [0.4, 0.5) is 0 Å². The maximum absolute atomic E-state index is 13.0. The van der Waals surface area contributed by atoms with Gasteiger partial charge in [-0.3, -0.25) is 19.3 Å². The van der Waals surface area contributed by atoms with Gasteiger partial charge in [-0.25, -0.2) is 4.98 Å². The first-order valence-corrected chi connectivity index (χ1v) is 11.4. The van der Waals surface area contributed by atoms with Crippen LogP contribution < -0.4 is 0 Å². The second-order valence-electron chi connectivity index (χ2n) is 8.65. The fourth-order valence-electron chi connectivity index (χ4n) is 5.17. The number of nitrogens with zero attached hydrogens (tertiary/aromatic N) is 3. The van der Waals surface area contributed by atoms with Crippen LogP contribution in [0.15, 0.2) is 24.3 Å². The molecule has 29 heavy (non-hydrogen) atoms. The van der Waals surface area contributed by atoms with E-state index in [2.05, 4.69) is 6.07 Å². The quantitative estimate of drug-likeness (QED) is 0.727. The minimum atomic E-state index is -0.511. The van der Waals surface area contributed by atoms with Gasteiger partial charge in [0.15, 0.2) is 0 Å². The van der Waals surface area contributed by atoms with Crippen molar-refractivity contribution in [3.63, 3.8) is 0 Å². The summed E-state index contributed by atoms with van der Waals surface area (Å²) in [6, 6.07) is 8.10. The monoisotopic (exact) mass is 411 g/mol. The molecule has 5 rings (SSSR count). The van der Waals surface area contributed by atoms with Gasteiger partial charge in [0.25, 0.3) is 0 Å². The third kappa shape index (κ3) is 3.25. The van der Waals surface area contributed by atoms with Crippen LogP contribution in [-0.2, 0) is 14.4 Å². The van der Waals surface area contributed by atoms with E-state index in [-0.39, 0.29) is 36.6 Å². The van der Waals surface area contributed by atoms with Crippen molar-refractivity contribution >= 4 is 39.3 Å². The molecule has 0 unspecified atom stereocenters. The van der Waals surface area contributed by atoms with Crippen LogP contribution in [0.1, 0.15) is 55.9 Å². The van der Waals surface area contributed by atoms with Crippen LogP contribution in [0.25, 0.3) is 10.2 Å². The number of hydrogen-bond donors (Lipinski definition) is 0. The molecule has 1 aliphatic carbocycles. The highest BCUT2D eigenvalue weighted by atomic mass is 32.1. The molecule has 1 aromatic heterocycles. The van der Waals surface area contributed by atoms with E-state index in [0.29, 0.717) is 13.1 Å². The first-order valence-electron chi connectivity index (χ1n) is 10.5. The number of fused-ring (bicyclic) bond motifs is 1. The summed E-state index contributed by atoms with van der Waals surface area (Å²) < 4.78 is 1.17. The van der Waals surface area contributed by atoms with Crippen molar-refractivity contribution in [2.45, 2.75) is 50.9 Å². The first-order chi connectivity index (χ1) is 14.1. The summed E-state index contributed by atoms with van der Waals surface area (Å²) in [5, 5.41) is 1.07. The summed E-state index contributed by atoms with van der Waals surface area (Å²) in [6.07, 6.45) is 5.77. The summed E-state index contributed by atoms with van der Waals surface area (Å²) >= 11 is 1.70. The van der Waals surface area contributed by atoms with Gasteiger partial charge in [0.2, 0.25) is 17.7 Å². The maximum Gasteiger partial charge on any atom is 0.242 e. The number of carbonyl (C=O) groups is 3. The highest BCUT2D eigenvalue weighted by Crippen LogP contribution is 2.46. The van der Waals surface area contributed by atoms with Gasteiger partial charge in [-0.05, 0) is 37.8 Å². The van der Waals surface area contributed by atoms with Crippen molar-refractivity contribution in [1.29, 1.82) is 0 Å². The van der Waals surface area contributed by atoms with Gasteiger partial charge in [0.05, 0.1) is 20.6 Å². The zero-order chi connectivity index (χ0) is 20.0. The number of likely N-dealkylation sites (tertiary alicyclic amines) is 2. The van der Waals surface area contributed by atoms with E-state index in [4.69, 9.17) is 4.98 Å². The molecule has 3 heterocycles. The lowest BCUT2D eigenvalue weighted by Crippen LogP contribution is -2.46. The number of carbonyl (C=O) groups excluding carboxylic acids is 3. The fraction of sp³-hybridized carbons (Fsp3) is 0.545. The molecule has 7 heteroatoms. The molecule has 0 bridgehead atoms. The number of piperidine rings is 1. The van der Waals surface area contributed by atoms with Crippen LogP contribution in [0.3, 0.4) is 0 Å². The third-order valence-electron chi connectivity index (χ3n) is 6.78. The van der Waals surface area contributed by atoms with Crippen molar-refractivity contribution in [3.05, 3.63) is 29.3 Å². The lowest BCUT2D eigenvalue weighted by Gasteiger charge is -2.33. The predicted octanol–water partition coefficient (Wildman–Crippen LogP) is 3.32. The Labute approximate surface area is 173 Å². The van der Waals surface area contributed by atoms with Crippen LogP contribution in [0.5, 0.6) is 0 Å². The summed E-state index contributed by atoms with van der Waals surface area (Å²) in [5.41, 5.74) is 0.495. The van der Waals surface area contributed by atoms with Crippen molar-refractivity contribution in [2.75, 3.05) is 19.6 Å². The topological polar surface area (TPSA) is 70.6 Å². The molecular formula is C22H25N3O3S. The molecule has 1 aromatic carbocycles.